The molecule has 1 N–H and O–H groups in total. The number of hydrogen-bond acceptors (Lipinski definition) is 3. The summed E-state index contributed by atoms with van der Waals surface area (Å²) in [6.07, 6.45) is 0.904. The Morgan fingerprint density at radius 1 is 1.00 bits per heavy atom. The molecule has 164 valence electrons. The number of halogens is 4. The molecule has 0 fully saturated rings. The van der Waals surface area contributed by atoms with Crippen LogP contribution in [0.3, 0.4) is 0 Å². The molecular weight excluding hydrogens is 504 g/mol. The fraction of sp³-hybridized carbons (Fsp3) is 0.250. The average Bonchev–Trinajstić information content (AvgIpc) is 2.74. The molecule has 0 atom stereocenters. The van der Waals surface area contributed by atoms with Crippen LogP contribution < -0.4 is 14.8 Å². The van der Waals surface area contributed by atoms with Crippen LogP contribution >= 0.6 is 39.1 Å². The molecule has 0 radical (unpaired) electrons. The van der Waals surface area contributed by atoms with Crippen LogP contribution in [-0.4, -0.2) is 13.2 Å². The zero-order valence-corrected chi connectivity index (χ0v) is 20.2. The van der Waals surface area contributed by atoms with Crippen molar-refractivity contribution in [2.24, 2.45) is 0 Å². The van der Waals surface area contributed by atoms with Crippen LogP contribution in [0.5, 0.6) is 11.5 Å². The third-order valence-electron chi connectivity index (χ3n) is 4.62. The second-order valence-electron chi connectivity index (χ2n) is 6.88. The summed E-state index contributed by atoms with van der Waals surface area (Å²) in [5.74, 6) is 0.716. The molecule has 3 aromatic rings. The molecule has 3 aromatic carbocycles. The molecule has 0 amide bonds. The molecule has 3 rings (SSSR count). The van der Waals surface area contributed by atoms with Crippen LogP contribution in [0.4, 0.5) is 4.39 Å². The van der Waals surface area contributed by atoms with E-state index in [4.69, 9.17) is 32.7 Å². The van der Waals surface area contributed by atoms with E-state index < -0.39 is 5.82 Å². The summed E-state index contributed by atoms with van der Waals surface area (Å²) in [4.78, 5) is 0. The summed E-state index contributed by atoms with van der Waals surface area (Å²) in [5, 5.41) is 4.51. The minimum atomic E-state index is -0.400. The second kappa shape index (κ2) is 11.7. The van der Waals surface area contributed by atoms with Gasteiger partial charge in [0.05, 0.1) is 16.1 Å². The minimum Gasteiger partial charge on any atom is -0.490 e. The SMILES string of the molecule is CCOc1cc(CNCCc2ccc(Cl)cc2)cc(Br)c1OCc1c(F)cccc1Cl. The number of ether oxygens (including phenoxy) is 2. The quantitative estimate of drug-likeness (QED) is 0.283. The highest BCUT2D eigenvalue weighted by Crippen LogP contribution is 2.38. The zero-order chi connectivity index (χ0) is 22.2. The van der Waals surface area contributed by atoms with Gasteiger partial charge in [0.1, 0.15) is 12.4 Å². The third-order valence-corrected chi connectivity index (χ3v) is 5.82. The Labute approximate surface area is 200 Å². The smallest absolute Gasteiger partial charge is 0.175 e. The lowest BCUT2D eigenvalue weighted by Crippen LogP contribution is -2.17. The lowest BCUT2D eigenvalue weighted by Gasteiger charge is -2.16. The summed E-state index contributed by atoms with van der Waals surface area (Å²) >= 11 is 15.6. The van der Waals surface area contributed by atoms with Crippen LogP contribution in [-0.2, 0) is 19.6 Å². The van der Waals surface area contributed by atoms with Gasteiger partial charge in [-0.05, 0) is 83.3 Å². The Bertz CT molecular complexity index is 995. The Kier molecular flexibility index (Phi) is 9.02. The van der Waals surface area contributed by atoms with Crippen molar-refractivity contribution in [2.75, 3.05) is 13.2 Å². The fourth-order valence-corrected chi connectivity index (χ4v) is 4.00. The van der Waals surface area contributed by atoms with E-state index in [0.717, 1.165) is 28.0 Å². The van der Waals surface area contributed by atoms with Gasteiger partial charge in [-0.15, -0.1) is 0 Å². The minimum absolute atomic E-state index is 0.00285. The van der Waals surface area contributed by atoms with Crippen LogP contribution in [0, 0.1) is 5.82 Å². The van der Waals surface area contributed by atoms with E-state index >= 15 is 0 Å². The Morgan fingerprint density at radius 2 is 1.77 bits per heavy atom. The van der Waals surface area contributed by atoms with Crippen molar-refractivity contribution < 1.29 is 13.9 Å². The van der Waals surface area contributed by atoms with Gasteiger partial charge < -0.3 is 14.8 Å². The van der Waals surface area contributed by atoms with Crippen LogP contribution in [0.25, 0.3) is 0 Å². The first kappa shape index (κ1) is 23.9. The second-order valence-corrected chi connectivity index (χ2v) is 8.58. The normalized spacial score (nSPS) is 10.9. The van der Waals surface area contributed by atoms with Crippen molar-refractivity contribution >= 4 is 39.1 Å². The maximum atomic E-state index is 14.1. The van der Waals surface area contributed by atoms with Gasteiger partial charge in [-0.3, -0.25) is 0 Å². The number of hydrogen-bond donors (Lipinski definition) is 1. The molecule has 0 saturated heterocycles. The van der Waals surface area contributed by atoms with Crippen molar-refractivity contribution in [1.29, 1.82) is 0 Å². The summed E-state index contributed by atoms with van der Waals surface area (Å²) in [6.45, 7) is 3.89. The third kappa shape index (κ3) is 6.84. The molecule has 0 aliphatic carbocycles. The van der Waals surface area contributed by atoms with Crippen molar-refractivity contribution in [1.82, 2.24) is 5.32 Å². The Balaban J connectivity index is 1.64. The molecule has 0 heterocycles. The monoisotopic (exact) mass is 525 g/mol. The first-order chi connectivity index (χ1) is 15.0. The molecule has 0 bridgehead atoms. The van der Waals surface area contributed by atoms with E-state index in [2.05, 4.69) is 21.2 Å². The summed E-state index contributed by atoms with van der Waals surface area (Å²) in [7, 11) is 0. The van der Waals surface area contributed by atoms with Gasteiger partial charge in [-0.1, -0.05) is 41.4 Å². The molecule has 7 heteroatoms. The van der Waals surface area contributed by atoms with E-state index in [1.807, 2.05) is 43.3 Å². The van der Waals surface area contributed by atoms with Gasteiger partial charge in [-0.25, -0.2) is 4.39 Å². The molecule has 0 unspecified atom stereocenters. The van der Waals surface area contributed by atoms with Crippen LogP contribution in [0.15, 0.2) is 59.1 Å². The van der Waals surface area contributed by atoms with E-state index in [0.29, 0.717) is 35.2 Å². The summed E-state index contributed by atoms with van der Waals surface area (Å²) < 4.78 is 26.5. The predicted molar refractivity (Wildman–Crippen MR) is 128 cm³/mol. The van der Waals surface area contributed by atoms with Crippen molar-refractivity contribution in [3.63, 3.8) is 0 Å². The van der Waals surface area contributed by atoms with Crippen molar-refractivity contribution in [3.8, 4) is 11.5 Å². The molecule has 0 aliphatic heterocycles. The standard InChI is InChI=1S/C24H23BrCl2FNO2/c1-2-30-23-13-17(14-29-11-10-16-6-8-18(26)9-7-16)12-20(25)24(23)31-15-19-21(27)4-3-5-22(19)28/h3-9,12-13,29H,2,10-11,14-15H2,1H3. The molecular formula is C24H23BrCl2FNO2. The lowest BCUT2D eigenvalue weighted by atomic mass is 10.1. The molecule has 0 spiro atoms. The topological polar surface area (TPSA) is 30.5 Å². The lowest BCUT2D eigenvalue weighted by molar-refractivity contribution is 0.264. The maximum absolute atomic E-state index is 14.1. The summed E-state index contributed by atoms with van der Waals surface area (Å²) in [6, 6.07) is 16.3. The summed E-state index contributed by atoms with van der Waals surface area (Å²) in [5.41, 5.74) is 2.58. The van der Waals surface area contributed by atoms with Gasteiger partial charge in [-0.2, -0.15) is 0 Å². The van der Waals surface area contributed by atoms with Gasteiger partial charge in [0.15, 0.2) is 11.5 Å². The predicted octanol–water partition coefficient (Wildman–Crippen LogP) is 7.21. The molecule has 31 heavy (non-hydrogen) atoms. The first-order valence-corrected chi connectivity index (χ1v) is 11.5. The fourth-order valence-electron chi connectivity index (χ4n) is 3.06. The average molecular weight is 527 g/mol. The zero-order valence-electron chi connectivity index (χ0n) is 17.1. The van der Waals surface area contributed by atoms with Gasteiger partial charge in [0, 0.05) is 17.1 Å². The van der Waals surface area contributed by atoms with Gasteiger partial charge in [0.25, 0.3) is 0 Å². The number of benzene rings is 3. The maximum Gasteiger partial charge on any atom is 0.175 e. The van der Waals surface area contributed by atoms with E-state index in [9.17, 15) is 4.39 Å². The van der Waals surface area contributed by atoms with E-state index in [1.165, 1.54) is 11.6 Å². The van der Waals surface area contributed by atoms with Gasteiger partial charge >= 0.3 is 0 Å². The van der Waals surface area contributed by atoms with Crippen LogP contribution in [0.1, 0.15) is 23.6 Å². The first-order valence-electron chi connectivity index (χ1n) is 9.94. The van der Waals surface area contributed by atoms with Crippen molar-refractivity contribution in [3.05, 3.63) is 91.6 Å². The molecule has 0 aromatic heterocycles. The number of rotatable bonds is 10. The van der Waals surface area contributed by atoms with Gasteiger partial charge in [0.2, 0.25) is 0 Å². The highest BCUT2D eigenvalue weighted by molar-refractivity contribution is 9.10. The highest BCUT2D eigenvalue weighted by atomic mass is 79.9. The molecule has 0 saturated carbocycles. The highest BCUT2D eigenvalue weighted by Gasteiger charge is 2.15. The van der Waals surface area contributed by atoms with E-state index in [1.54, 1.807) is 12.1 Å². The Hall–Kier alpha value is -1.79. The Morgan fingerprint density at radius 3 is 2.48 bits per heavy atom. The van der Waals surface area contributed by atoms with Crippen molar-refractivity contribution in [2.45, 2.75) is 26.5 Å². The molecule has 0 aliphatic rings. The molecule has 3 nitrogen and oxygen atoms in total. The van der Waals surface area contributed by atoms with E-state index in [-0.39, 0.29) is 6.61 Å². The number of nitrogens with one attached hydrogen (secondary N) is 1. The largest absolute Gasteiger partial charge is 0.490 e. The van der Waals surface area contributed by atoms with Crippen LogP contribution in [0.2, 0.25) is 10.0 Å².